The molecule has 196 valence electrons. The maximum Gasteiger partial charge on any atom is 0.326 e. The maximum atomic E-state index is 13.2. The summed E-state index contributed by atoms with van der Waals surface area (Å²) in [6.07, 6.45) is 6.98. The van der Waals surface area contributed by atoms with Gasteiger partial charge >= 0.3 is 12.0 Å². The summed E-state index contributed by atoms with van der Waals surface area (Å²) >= 11 is 0. The van der Waals surface area contributed by atoms with Crippen molar-refractivity contribution in [3.8, 4) is 0 Å². The van der Waals surface area contributed by atoms with Crippen LogP contribution >= 0.6 is 0 Å². The number of carboxylic acid groups (broad SMARTS) is 1. The number of rotatable bonds is 6. The summed E-state index contributed by atoms with van der Waals surface area (Å²) in [7, 11) is 0. The number of aryl methyl sites for hydroxylation is 1. The Bertz CT molecular complexity index is 1020. The predicted octanol–water partition coefficient (Wildman–Crippen LogP) is 0.718. The number of ether oxygens (including phenoxy) is 1. The Morgan fingerprint density at radius 3 is 2.81 bits per heavy atom. The minimum Gasteiger partial charge on any atom is -0.480 e. The Morgan fingerprint density at radius 2 is 2.11 bits per heavy atom. The summed E-state index contributed by atoms with van der Waals surface area (Å²) in [5.74, 6) is -1.19. The van der Waals surface area contributed by atoms with Crippen molar-refractivity contribution in [2.24, 2.45) is 5.92 Å². The highest BCUT2D eigenvalue weighted by molar-refractivity contribution is 5.89. The van der Waals surface area contributed by atoms with Gasteiger partial charge in [0.1, 0.15) is 17.9 Å². The molecule has 0 aromatic carbocycles. The van der Waals surface area contributed by atoms with Gasteiger partial charge in [0.05, 0.1) is 24.7 Å². The molecule has 12 nitrogen and oxygen atoms in total. The molecule has 2 aromatic heterocycles. The average Bonchev–Trinajstić information content (AvgIpc) is 3.27. The molecule has 2 aromatic rings. The molecule has 2 bridgehead atoms. The van der Waals surface area contributed by atoms with Gasteiger partial charge in [-0.2, -0.15) is 0 Å². The quantitative estimate of drug-likeness (QED) is 0.385. The first-order chi connectivity index (χ1) is 17.2. The van der Waals surface area contributed by atoms with Crippen LogP contribution in [0.3, 0.4) is 0 Å². The second-order valence-corrected chi connectivity index (χ2v) is 9.30. The minimum atomic E-state index is -1.23. The van der Waals surface area contributed by atoms with Crippen molar-refractivity contribution in [2.75, 3.05) is 18.9 Å². The van der Waals surface area contributed by atoms with Crippen LogP contribution in [-0.4, -0.2) is 68.9 Å². The number of nitrogens with one attached hydrogen (secondary N) is 3. The molecule has 3 heterocycles. The Morgan fingerprint density at radius 1 is 1.31 bits per heavy atom. The van der Waals surface area contributed by atoms with Crippen LogP contribution in [0.25, 0.3) is 0 Å². The van der Waals surface area contributed by atoms with E-state index in [0.717, 1.165) is 19.4 Å². The summed E-state index contributed by atoms with van der Waals surface area (Å²) in [6, 6.07) is -0.00744. The topological polar surface area (TPSA) is 173 Å². The summed E-state index contributed by atoms with van der Waals surface area (Å²) in [5, 5.41) is 17.7. The van der Waals surface area contributed by atoms with E-state index in [1.165, 1.54) is 6.20 Å². The van der Waals surface area contributed by atoms with E-state index in [2.05, 4.69) is 25.9 Å². The van der Waals surface area contributed by atoms with Crippen molar-refractivity contribution in [3.63, 3.8) is 0 Å². The highest BCUT2D eigenvalue weighted by atomic mass is 16.5. The van der Waals surface area contributed by atoms with Gasteiger partial charge in [-0.25, -0.2) is 19.6 Å². The molecular weight excluding hydrogens is 466 g/mol. The van der Waals surface area contributed by atoms with E-state index < -0.39 is 30.0 Å². The number of fused-ring (bicyclic) bond motifs is 2. The number of hydrogen-bond acceptors (Lipinski definition) is 7. The van der Waals surface area contributed by atoms with E-state index >= 15 is 0 Å². The van der Waals surface area contributed by atoms with Gasteiger partial charge in [-0.15, -0.1) is 0 Å². The van der Waals surface area contributed by atoms with Gasteiger partial charge in [-0.05, 0) is 30.4 Å². The second kappa shape index (κ2) is 12.9. The highest BCUT2D eigenvalue weighted by Gasteiger charge is 2.28. The van der Waals surface area contributed by atoms with Crippen molar-refractivity contribution < 1.29 is 24.2 Å². The predicted molar refractivity (Wildman–Crippen MR) is 132 cm³/mol. The normalized spacial score (nSPS) is 20.1. The molecule has 1 aliphatic rings. The zero-order valence-electron chi connectivity index (χ0n) is 20.6. The molecule has 3 rings (SSSR count). The number of carbonyl (C=O) groups is 3. The Balaban J connectivity index is 1.73. The van der Waals surface area contributed by atoms with Gasteiger partial charge in [0.25, 0.3) is 0 Å². The number of pyridine rings is 1. The zero-order chi connectivity index (χ0) is 26.1. The van der Waals surface area contributed by atoms with E-state index in [4.69, 9.17) is 10.5 Å². The fourth-order valence-electron chi connectivity index (χ4n) is 3.80. The third-order valence-corrected chi connectivity index (χ3v) is 6.00. The first-order valence-corrected chi connectivity index (χ1v) is 12.1. The minimum absolute atomic E-state index is 0.00403. The largest absolute Gasteiger partial charge is 0.480 e. The van der Waals surface area contributed by atoms with Crippen LogP contribution in [-0.2, 0) is 33.7 Å². The fraction of sp³-hybridized carbons (Fsp3) is 0.542. The van der Waals surface area contributed by atoms with Crippen LogP contribution in [0.5, 0.6) is 0 Å². The van der Waals surface area contributed by atoms with E-state index in [-0.39, 0.29) is 24.8 Å². The number of hydrogen-bond donors (Lipinski definition) is 5. The first kappa shape index (κ1) is 26.9. The van der Waals surface area contributed by atoms with Crippen LogP contribution in [0.1, 0.15) is 37.9 Å². The number of carboxylic acids is 1. The lowest BCUT2D eigenvalue weighted by molar-refractivity contribution is -0.139. The molecule has 6 N–H and O–H groups in total. The SMILES string of the molecule is CC(C)[C@H]1COCCCCn2cnc(c2)C[C@@H](NC(=O)NC(Cc2ccc(N)nc2)C(=O)O)C(=O)N1. The van der Waals surface area contributed by atoms with Gasteiger partial charge in [0.15, 0.2) is 0 Å². The van der Waals surface area contributed by atoms with E-state index in [0.29, 0.717) is 30.3 Å². The second-order valence-electron chi connectivity index (χ2n) is 9.30. The van der Waals surface area contributed by atoms with Crippen LogP contribution in [0.2, 0.25) is 0 Å². The standard InChI is InChI=1S/C24H35N7O5/c1-15(2)20-13-36-8-4-3-7-31-12-17(27-14-31)10-18(22(32)28-20)29-24(35)30-19(23(33)34)9-16-5-6-21(25)26-11-16/h5-6,11-12,14-15,18-20H,3-4,7-10,13H2,1-2H3,(H2,25,26)(H,28,32)(H,33,34)(H2,29,30,35)/t18-,19?,20-/m1/s1. The third kappa shape index (κ3) is 8.22. The van der Waals surface area contributed by atoms with Crippen molar-refractivity contribution in [1.82, 2.24) is 30.5 Å². The number of nitrogens with zero attached hydrogens (tertiary/aromatic N) is 3. The molecule has 1 unspecified atom stereocenters. The molecule has 0 saturated carbocycles. The average molecular weight is 502 g/mol. The number of anilines is 1. The first-order valence-electron chi connectivity index (χ1n) is 12.1. The lowest BCUT2D eigenvalue weighted by Gasteiger charge is -2.26. The van der Waals surface area contributed by atoms with Gasteiger partial charge in [-0.1, -0.05) is 19.9 Å². The Hall–Kier alpha value is -3.67. The number of imidazole rings is 1. The van der Waals surface area contributed by atoms with Crippen molar-refractivity contribution in [3.05, 3.63) is 42.1 Å². The Labute approximate surface area is 210 Å². The van der Waals surface area contributed by atoms with Crippen molar-refractivity contribution >= 4 is 23.7 Å². The fourth-order valence-corrected chi connectivity index (χ4v) is 3.80. The molecule has 36 heavy (non-hydrogen) atoms. The zero-order valence-corrected chi connectivity index (χ0v) is 20.6. The summed E-state index contributed by atoms with van der Waals surface area (Å²) in [5.41, 5.74) is 6.82. The maximum absolute atomic E-state index is 13.2. The number of nitrogens with two attached hydrogens (primary N) is 1. The number of aromatic nitrogens is 3. The summed E-state index contributed by atoms with van der Waals surface area (Å²) in [4.78, 5) is 46.1. The third-order valence-electron chi connectivity index (χ3n) is 6.00. The molecule has 12 heteroatoms. The summed E-state index contributed by atoms with van der Waals surface area (Å²) < 4.78 is 7.72. The number of nitrogen functional groups attached to an aromatic ring is 1. The van der Waals surface area contributed by atoms with Gasteiger partial charge in [0, 0.05) is 38.4 Å². The molecule has 3 amide bonds. The van der Waals surface area contributed by atoms with Gasteiger partial charge < -0.3 is 36.1 Å². The molecule has 0 aliphatic carbocycles. The smallest absolute Gasteiger partial charge is 0.326 e. The van der Waals surface area contributed by atoms with Crippen LogP contribution in [0.4, 0.5) is 10.6 Å². The molecule has 0 fully saturated rings. The molecular formula is C24H35N7O5. The molecule has 0 saturated heterocycles. The molecule has 0 radical (unpaired) electrons. The van der Waals surface area contributed by atoms with Gasteiger partial charge in [0.2, 0.25) is 5.91 Å². The van der Waals surface area contributed by atoms with E-state index in [9.17, 15) is 19.5 Å². The summed E-state index contributed by atoms with van der Waals surface area (Å²) in [6.45, 7) is 5.69. The number of urea groups is 1. The number of aliphatic carboxylic acids is 1. The van der Waals surface area contributed by atoms with E-state index in [1.807, 2.05) is 24.6 Å². The number of carbonyl (C=O) groups excluding carboxylic acids is 2. The van der Waals surface area contributed by atoms with Crippen molar-refractivity contribution in [1.29, 1.82) is 0 Å². The van der Waals surface area contributed by atoms with E-state index in [1.54, 1.807) is 18.5 Å². The lowest BCUT2D eigenvalue weighted by atomic mass is 10.0. The highest BCUT2D eigenvalue weighted by Crippen LogP contribution is 2.09. The monoisotopic (exact) mass is 501 g/mol. The Kier molecular flexibility index (Phi) is 9.62. The van der Waals surface area contributed by atoms with Gasteiger partial charge in [-0.3, -0.25) is 4.79 Å². The molecule has 3 atom stereocenters. The lowest BCUT2D eigenvalue weighted by Crippen LogP contribution is -2.56. The van der Waals surface area contributed by atoms with Crippen LogP contribution in [0, 0.1) is 5.92 Å². The van der Waals surface area contributed by atoms with Crippen LogP contribution in [0.15, 0.2) is 30.9 Å². The molecule has 0 spiro atoms. The molecule has 1 aliphatic heterocycles. The van der Waals surface area contributed by atoms with Crippen LogP contribution < -0.4 is 21.7 Å². The van der Waals surface area contributed by atoms with Crippen molar-refractivity contribution in [2.45, 2.75) is 64.2 Å². The number of amides is 3.